The molecule has 0 amide bonds. The average Bonchev–Trinajstić information content (AvgIpc) is 2.44. The van der Waals surface area contributed by atoms with Crippen LogP contribution >= 0.6 is 0 Å². The van der Waals surface area contributed by atoms with Crippen LogP contribution in [-0.4, -0.2) is 27.7 Å². The summed E-state index contributed by atoms with van der Waals surface area (Å²) >= 11 is 0. The van der Waals surface area contributed by atoms with E-state index in [1.807, 2.05) is 38.1 Å². The van der Waals surface area contributed by atoms with Crippen molar-refractivity contribution >= 4 is 11.9 Å². The molecule has 6 nitrogen and oxygen atoms in total. The van der Waals surface area contributed by atoms with Crippen LogP contribution in [0.4, 0.5) is 5.95 Å². The number of aromatic nitrogens is 2. The van der Waals surface area contributed by atoms with Gasteiger partial charge in [0.2, 0.25) is 5.95 Å². The van der Waals surface area contributed by atoms with Crippen molar-refractivity contribution in [3.8, 4) is 17.0 Å². The first kappa shape index (κ1) is 14.8. The van der Waals surface area contributed by atoms with E-state index in [4.69, 9.17) is 15.6 Å². The molecule has 1 aromatic carbocycles. The molecule has 2 aromatic rings. The monoisotopic (exact) mass is 287 g/mol. The fourth-order valence-electron chi connectivity index (χ4n) is 1.77. The Morgan fingerprint density at radius 2 is 2.05 bits per heavy atom. The maximum Gasteiger partial charge on any atom is 0.354 e. The predicted octanol–water partition coefficient (Wildman–Crippen LogP) is 2.46. The number of carboxylic acids is 1. The molecule has 0 aliphatic heterocycles. The van der Waals surface area contributed by atoms with Crippen molar-refractivity contribution in [1.29, 1.82) is 0 Å². The molecule has 0 bridgehead atoms. The van der Waals surface area contributed by atoms with E-state index < -0.39 is 5.97 Å². The summed E-state index contributed by atoms with van der Waals surface area (Å²) in [5.74, 6) is -0.210. The molecule has 1 aromatic heterocycles. The Balaban J connectivity index is 2.44. The van der Waals surface area contributed by atoms with Crippen molar-refractivity contribution in [2.75, 3.05) is 12.3 Å². The number of aromatic carboxylic acids is 1. The first-order chi connectivity index (χ1) is 9.97. The van der Waals surface area contributed by atoms with E-state index >= 15 is 0 Å². The number of para-hydroxylation sites is 1. The highest BCUT2D eigenvalue weighted by Crippen LogP contribution is 2.29. The highest BCUT2D eigenvalue weighted by Gasteiger charge is 2.13. The summed E-state index contributed by atoms with van der Waals surface area (Å²) in [6.07, 6.45) is 0. The molecule has 0 aliphatic carbocycles. The zero-order valence-electron chi connectivity index (χ0n) is 11.9. The maximum absolute atomic E-state index is 11.1. The van der Waals surface area contributed by atoms with Gasteiger partial charge >= 0.3 is 5.97 Å². The standard InChI is InChI=1S/C15H17N3O3/c1-9(2)8-21-13-6-4-3-5-10(13)11-7-12(14(19)20)18-15(16)17-11/h3-7,9H,8H2,1-2H3,(H,19,20)(H2,16,17,18). The Kier molecular flexibility index (Phi) is 4.37. The molecule has 3 N–H and O–H groups in total. The molecule has 0 atom stereocenters. The second-order valence-electron chi connectivity index (χ2n) is 5.00. The number of rotatable bonds is 5. The quantitative estimate of drug-likeness (QED) is 0.876. The summed E-state index contributed by atoms with van der Waals surface area (Å²) in [6.45, 7) is 4.66. The third kappa shape index (κ3) is 3.68. The van der Waals surface area contributed by atoms with Crippen molar-refractivity contribution in [3.05, 3.63) is 36.0 Å². The van der Waals surface area contributed by atoms with E-state index in [-0.39, 0.29) is 11.6 Å². The molecular weight excluding hydrogens is 270 g/mol. The summed E-state index contributed by atoms with van der Waals surface area (Å²) in [6, 6.07) is 8.69. The Bertz CT molecular complexity index is 656. The minimum absolute atomic E-state index is 0.0800. The van der Waals surface area contributed by atoms with Crippen molar-refractivity contribution in [2.45, 2.75) is 13.8 Å². The summed E-state index contributed by atoms with van der Waals surface area (Å²) in [4.78, 5) is 18.8. The number of hydrogen-bond donors (Lipinski definition) is 2. The molecular formula is C15H17N3O3. The molecule has 0 fully saturated rings. The normalized spacial score (nSPS) is 10.6. The maximum atomic E-state index is 11.1. The van der Waals surface area contributed by atoms with Crippen LogP contribution in [0.2, 0.25) is 0 Å². The van der Waals surface area contributed by atoms with Crippen LogP contribution in [-0.2, 0) is 0 Å². The number of nitrogens with two attached hydrogens (primary N) is 1. The van der Waals surface area contributed by atoms with E-state index in [2.05, 4.69) is 9.97 Å². The summed E-state index contributed by atoms with van der Waals surface area (Å²) < 4.78 is 5.74. The van der Waals surface area contributed by atoms with Gasteiger partial charge in [0.15, 0.2) is 5.69 Å². The number of nitrogen functional groups attached to an aromatic ring is 1. The number of anilines is 1. The third-order valence-electron chi connectivity index (χ3n) is 2.70. The lowest BCUT2D eigenvalue weighted by Gasteiger charge is -2.13. The van der Waals surface area contributed by atoms with Crippen LogP contribution in [0.5, 0.6) is 5.75 Å². The molecule has 6 heteroatoms. The average molecular weight is 287 g/mol. The second-order valence-corrected chi connectivity index (χ2v) is 5.00. The van der Waals surface area contributed by atoms with Crippen LogP contribution in [0.3, 0.4) is 0 Å². The van der Waals surface area contributed by atoms with Gasteiger partial charge in [-0.15, -0.1) is 0 Å². The number of benzene rings is 1. The molecule has 0 radical (unpaired) electrons. The Morgan fingerprint density at radius 3 is 2.71 bits per heavy atom. The number of hydrogen-bond acceptors (Lipinski definition) is 5. The molecule has 1 heterocycles. The number of carbonyl (C=O) groups is 1. The Labute approximate surface area is 122 Å². The van der Waals surface area contributed by atoms with Crippen molar-refractivity contribution in [1.82, 2.24) is 9.97 Å². The van der Waals surface area contributed by atoms with Crippen LogP contribution in [0.1, 0.15) is 24.3 Å². The molecule has 110 valence electrons. The van der Waals surface area contributed by atoms with E-state index in [1.54, 1.807) is 0 Å². The Hall–Kier alpha value is -2.63. The van der Waals surface area contributed by atoms with Gasteiger partial charge in [-0.25, -0.2) is 14.8 Å². The lowest BCUT2D eigenvalue weighted by atomic mass is 10.1. The summed E-state index contributed by atoms with van der Waals surface area (Å²) in [5, 5.41) is 9.05. The molecule has 0 saturated carbocycles. The lowest BCUT2D eigenvalue weighted by Crippen LogP contribution is -2.08. The lowest BCUT2D eigenvalue weighted by molar-refractivity contribution is 0.0690. The van der Waals surface area contributed by atoms with Crippen LogP contribution in [0, 0.1) is 5.92 Å². The minimum Gasteiger partial charge on any atom is -0.493 e. The van der Waals surface area contributed by atoms with Crippen molar-refractivity contribution in [3.63, 3.8) is 0 Å². The van der Waals surface area contributed by atoms with Gasteiger partial charge in [-0.3, -0.25) is 0 Å². The molecule has 0 spiro atoms. The largest absolute Gasteiger partial charge is 0.493 e. The van der Waals surface area contributed by atoms with Gasteiger partial charge in [-0.05, 0) is 24.1 Å². The van der Waals surface area contributed by atoms with Crippen LogP contribution < -0.4 is 10.5 Å². The van der Waals surface area contributed by atoms with Gasteiger partial charge in [-0.1, -0.05) is 26.0 Å². The SMILES string of the molecule is CC(C)COc1ccccc1-c1cc(C(=O)O)nc(N)n1. The van der Waals surface area contributed by atoms with E-state index in [1.165, 1.54) is 6.07 Å². The minimum atomic E-state index is -1.15. The molecule has 0 saturated heterocycles. The Morgan fingerprint density at radius 1 is 1.33 bits per heavy atom. The summed E-state index contributed by atoms with van der Waals surface area (Å²) in [5.41, 5.74) is 6.56. The van der Waals surface area contributed by atoms with Crippen LogP contribution in [0.25, 0.3) is 11.3 Å². The fraction of sp³-hybridized carbons (Fsp3) is 0.267. The fourth-order valence-corrected chi connectivity index (χ4v) is 1.77. The first-order valence-corrected chi connectivity index (χ1v) is 6.57. The smallest absolute Gasteiger partial charge is 0.354 e. The van der Waals surface area contributed by atoms with Gasteiger partial charge in [-0.2, -0.15) is 0 Å². The van der Waals surface area contributed by atoms with Crippen molar-refractivity contribution < 1.29 is 14.6 Å². The highest BCUT2D eigenvalue weighted by molar-refractivity contribution is 5.87. The van der Waals surface area contributed by atoms with E-state index in [9.17, 15) is 4.79 Å². The van der Waals surface area contributed by atoms with E-state index in [0.717, 1.165) is 0 Å². The zero-order chi connectivity index (χ0) is 15.4. The summed E-state index contributed by atoms with van der Waals surface area (Å²) in [7, 11) is 0. The highest BCUT2D eigenvalue weighted by atomic mass is 16.5. The molecule has 21 heavy (non-hydrogen) atoms. The van der Waals surface area contributed by atoms with Gasteiger partial charge < -0.3 is 15.6 Å². The molecule has 2 rings (SSSR count). The molecule has 0 unspecified atom stereocenters. The van der Waals surface area contributed by atoms with E-state index in [0.29, 0.717) is 29.5 Å². The molecule has 0 aliphatic rings. The first-order valence-electron chi connectivity index (χ1n) is 6.57. The zero-order valence-corrected chi connectivity index (χ0v) is 11.9. The van der Waals surface area contributed by atoms with Gasteiger partial charge in [0.25, 0.3) is 0 Å². The van der Waals surface area contributed by atoms with Gasteiger partial charge in [0.05, 0.1) is 12.3 Å². The van der Waals surface area contributed by atoms with Crippen molar-refractivity contribution in [2.24, 2.45) is 5.92 Å². The predicted molar refractivity (Wildman–Crippen MR) is 79.2 cm³/mol. The third-order valence-corrected chi connectivity index (χ3v) is 2.70. The number of nitrogens with zero attached hydrogens (tertiary/aromatic N) is 2. The van der Waals surface area contributed by atoms with Gasteiger partial charge in [0.1, 0.15) is 5.75 Å². The number of ether oxygens (including phenoxy) is 1. The second kappa shape index (κ2) is 6.21. The van der Waals surface area contributed by atoms with Gasteiger partial charge in [0, 0.05) is 5.56 Å². The topological polar surface area (TPSA) is 98.3 Å². The number of carboxylic acid groups (broad SMARTS) is 1. The van der Waals surface area contributed by atoms with Crippen LogP contribution in [0.15, 0.2) is 30.3 Å².